The fourth-order valence-electron chi connectivity index (χ4n) is 2.72. The second kappa shape index (κ2) is 8.76. The Kier molecular flexibility index (Phi) is 6.33. The van der Waals surface area contributed by atoms with E-state index < -0.39 is 30.2 Å². The van der Waals surface area contributed by atoms with Gasteiger partial charge < -0.3 is 10.1 Å². The van der Waals surface area contributed by atoms with Gasteiger partial charge in [0.05, 0.1) is 12.5 Å². The molecule has 1 aliphatic carbocycles. The molecule has 0 saturated heterocycles. The molecule has 1 aromatic carbocycles. The van der Waals surface area contributed by atoms with Crippen LogP contribution in [0.1, 0.15) is 47.7 Å². The molecule has 1 fully saturated rings. The van der Waals surface area contributed by atoms with Gasteiger partial charge in [-0.2, -0.15) is 17.6 Å². The zero-order valence-corrected chi connectivity index (χ0v) is 15.9. The number of carbonyl (C=O) groups excluding carboxylic acids is 2. The number of nitrogens with one attached hydrogen (secondary N) is 1. The standard InChI is InChI=1S/C20H19F4N3O3/c1-11(13-3-2-4-14(9-13)30-20(23,24)19(21)22)26-18(29)15-7-8-25-17(27-15)10-16(28)12-5-6-12/h2-4,7-9,11-12,19H,5-6,10H2,1H3,(H,26,29). The van der Waals surface area contributed by atoms with Crippen LogP contribution in [0.3, 0.4) is 0 Å². The number of alkyl halides is 4. The van der Waals surface area contributed by atoms with Gasteiger partial charge in [-0.3, -0.25) is 9.59 Å². The van der Waals surface area contributed by atoms with Gasteiger partial charge in [0.2, 0.25) is 0 Å². The molecular weight excluding hydrogens is 406 g/mol. The van der Waals surface area contributed by atoms with Crippen molar-refractivity contribution >= 4 is 11.7 Å². The number of nitrogens with zero attached hydrogens (tertiary/aromatic N) is 2. The van der Waals surface area contributed by atoms with Crippen LogP contribution in [0.4, 0.5) is 17.6 Å². The molecule has 160 valence electrons. The summed E-state index contributed by atoms with van der Waals surface area (Å²) in [6.07, 6.45) is -5.44. The molecule has 10 heteroatoms. The van der Waals surface area contributed by atoms with Crippen LogP contribution in [-0.4, -0.2) is 34.2 Å². The molecule has 0 bridgehead atoms. The van der Waals surface area contributed by atoms with E-state index in [4.69, 9.17) is 0 Å². The van der Waals surface area contributed by atoms with Gasteiger partial charge in [-0.05, 0) is 43.5 Å². The molecule has 0 radical (unpaired) electrons. The van der Waals surface area contributed by atoms with Gasteiger partial charge in [0.15, 0.2) is 0 Å². The zero-order valence-electron chi connectivity index (χ0n) is 15.9. The normalized spacial score (nSPS) is 15.0. The molecule has 6 nitrogen and oxygen atoms in total. The van der Waals surface area contributed by atoms with Crippen LogP contribution in [0, 0.1) is 5.92 Å². The highest BCUT2D eigenvalue weighted by molar-refractivity contribution is 5.92. The summed E-state index contributed by atoms with van der Waals surface area (Å²) in [7, 11) is 0. The molecule has 1 saturated carbocycles. The van der Waals surface area contributed by atoms with Crippen molar-refractivity contribution in [1.82, 2.24) is 15.3 Å². The molecule has 0 aliphatic heterocycles. The first-order chi connectivity index (χ1) is 14.2. The van der Waals surface area contributed by atoms with Gasteiger partial charge in [-0.1, -0.05) is 12.1 Å². The minimum Gasteiger partial charge on any atom is -0.428 e. The topological polar surface area (TPSA) is 81.2 Å². The molecule has 0 spiro atoms. The lowest BCUT2D eigenvalue weighted by atomic mass is 10.1. The molecule has 30 heavy (non-hydrogen) atoms. The van der Waals surface area contributed by atoms with Crippen molar-refractivity contribution in [1.29, 1.82) is 0 Å². The van der Waals surface area contributed by atoms with Crippen LogP contribution in [0.25, 0.3) is 0 Å². The van der Waals surface area contributed by atoms with Crippen LogP contribution in [0.15, 0.2) is 36.5 Å². The number of carbonyl (C=O) groups is 2. The second-order valence-electron chi connectivity index (χ2n) is 7.01. The van der Waals surface area contributed by atoms with Gasteiger partial charge in [0, 0.05) is 12.1 Å². The van der Waals surface area contributed by atoms with E-state index in [0.29, 0.717) is 5.56 Å². The van der Waals surface area contributed by atoms with Crippen molar-refractivity contribution in [2.24, 2.45) is 5.92 Å². The van der Waals surface area contributed by atoms with E-state index in [1.165, 1.54) is 24.4 Å². The number of halogens is 4. The van der Waals surface area contributed by atoms with E-state index in [-0.39, 0.29) is 29.6 Å². The lowest BCUT2D eigenvalue weighted by Crippen LogP contribution is -2.33. The maximum atomic E-state index is 13.1. The first-order valence-corrected chi connectivity index (χ1v) is 9.26. The Hall–Kier alpha value is -3.04. The van der Waals surface area contributed by atoms with Crippen LogP contribution in [0.2, 0.25) is 0 Å². The Morgan fingerprint density at radius 3 is 2.67 bits per heavy atom. The largest absolute Gasteiger partial charge is 0.461 e. The highest BCUT2D eigenvalue weighted by atomic mass is 19.3. The molecule has 1 N–H and O–H groups in total. The maximum absolute atomic E-state index is 13.1. The highest BCUT2D eigenvalue weighted by Crippen LogP contribution is 2.31. The second-order valence-corrected chi connectivity index (χ2v) is 7.01. The quantitative estimate of drug-likeness (QED) is 0.620. The summed E-state index contributed by atoms with van der Waals surface area (Å²) in [4.78, 5) is 32.5. The van der Waals surface area contributed by atoms with E-state index in [1.807, 2.05) is 0 Å². The molecular formula is C20H19F4N3O3. The van der Waals surface area contributed by atoms with Gasteiger partial charge >= 0.3 is 12.5 Å². The molecule has 3 rings (SSSR count). The fourth-order valence-corrected chi connectivity index (χ4v) is 2.72. The number of amides is 1. The summed E-state index contributed by atoms with van der Waals surface area (Å²) in [5.74, 6) is -0.677. The predicted octanol–water partition coefficient (Wildman–Crippen LogP) is 3.73. The zero-order chi connectivity index (χ0) is 21.9. The third-order valence-electron chi connectivity index (χ3n) is 4.52. The smallest absolute Gasteiger partial charge is 0.428 e. The number of rotatable bonds is 9. The van der Waals surface area contributed by atoms with Crippen molar-refractivity contribution < 1.29 is 31.9 Å². The number of ketones is 1. The van der Waals surface area contributed by atoms with E-state index >= 15 is 0 Å². The van der Waals surface area contributed by atoms with Crippen LogP contribution in [0.5, 0.6) is 5.75 Å². The molecule has 1 aliphatic rings. The minimum absolute atomic E-state index is 0.0401. The number of ether oxygens (including phenoxy) is 1. The summed E-state index contributed by atoms with van der Waals surface area (Å²) in [6, 6.07) is 5.85. The van der Waals surface area contributed by atoms with Crippen LogP contribution in [-0.2, 0) is 11.2 Å². The van der Waals surface area contributed by atoms with E-state index in [9.17, 15) is 27.2 Å². The summed E-state index contributed by atoms with van der Waals surface area (Å²) >= 11 is 0. The Morgan fingerprint density at radius 2 is 2.00 bits per heavy atom. The van der Waals surface area contributed by atoms with Crippen LogP contribution < -0.4 is 10.1 Å². The Balaban J connectivity index is 1.65. The summed E-state index contributed by atoms with van der Waals surface area (Å²) in [5.41, 5.74) is 0.413. The van der Waals surface area contributed by atoms with Crippen LogP contribution >= 0.6 is 0 Å². The summed E-state index contributed by atoms with van der Waals surface area (Å²) in [5, 5.41) is 2.64. The molecule has 1 amide bonds. The SMILES string of the molecule is CC(NC(=O)c1ccnc(CC(=O)C2CC2)n1)c1cccc(OC(F)(F)C(F)F)c1. The molecule has 1 heterocycles. The number of aromatic nitrogens is 2. The summed E-state index contributed by atoms with van der Waals surface area (Å²) in [6.45, 7) is 1.58. The molecule has 1 unspecified atom stereocenters. The van der Waals surface area contributed by atoms with Crippen molar-refractivity contribution in [3.63, 3.8) is 0 Å². The van der Waals surface area contributed by atoms with Crippen molar-refractivity contribution in [3.05, 3.63) is 53.6 Å². The molecule has 1 atom stereocenters. The Bertz CT molecular complexity index is 935. The third-order valence-corrected chi connectivity index (χ3v) is 4.52. The maximum Gasteiger partial charge on any atom is 0.461 e. The first-order valence-electron chi connectivity index (χ1n) is 9.26. The molecule has 1 aromatic heterocycles. The van der Waals surface area contributed by atoms with Gasteiger partial charge in [0.1, 0.15) is 23.1 Å². The highest BCUT2D eigenvalue weighted by Gasteiger charge is 2.44. The van der Waals surface area contributed by atoms with Crippen molar-refractivity contribution in [3.8, 4) is 5.75 Å². The average molecular weight is 425 g/mol. The lowest BCUT2D eigenvalue weighted by molar-refractivity contribution is -0.253. The van der Waals surface area contributed by atoms with E-state index in [1.54, 1.807) is 6.92 Å². The number of hydrogen-bond acceptors (Lipinski definition) is 5. The predicted molar refractivity (Wildman–Crippen MR) is 97.4 cm³/mol. The Morgan fingerprint density at radius 1 is 1.27 bits per heavy atom. The summed E-state index contributed by atoms with van der Waals surface area (Å²) < 4.78 is 54.9. The fraction of sp³-hybridized carbons (Fsp3) is 0.400. The molecule has 2 aromatic rings. The van der Waals surface area contributed by atoms with Crippen molar-refractivity contribution in [2.45, 2.75) is 44.8 Å². The number of benzene rings is 1. The first kappa shape index (κ1) is 21.7. The van der Waals surface area contributed by atoms with Gasteiger partial charge in [-0.15, -0.1) is 0 Å². The minimum atomic E-state index is -4.62. The average Bonchev–Trinajstić information content (AvgIpc) is 3.53. The lowest BCUT2D eigenvalue weighted by Gasteiger charge is -2.19. The van der Waals surface area contributed by atoms with E-state index in [0.717, 1.165) is 25.0 Å². The van der Waals surface area contributed by atoms with Gasteiger partial charge in [-0.25, -0.2) is 9.97 Å². The monoisotopic (exact) mass is 425 g/mol. The van der Waals surface area contributed by atoms with E-state index in [2.05, 4.69) is 20.0 Å². The third kappa shape index (κ3) is 5.52. The Labute approximate surface area is 169 Å². The van der Waals surface area contributed by atoms with Crippen molar-refractivity contribution in [2.75, 3.05) is 0 Å². The number of Topliss-reactive ketones (excluding diaryl/α,β-unsaturated/α-hetero) is 1. The van der Waals surface area contributed by atoms with Gasteiger partial charge in [0.25, 0.3) is 5.91 Å². The number of hydrogen-bond donors (Lipinski definition) is 1.